The minimum atomic E-state index is -0.716. The van der Waals surface area contributed by atoms with Crippen LogP contribution in [-0.2, 0) is 11.2 Å². The first-order chi connectivity index (χ1) is 13.6. The van der Waals surface area contributed by atoms with Crippen molar-refractivity contribution in [3.05, 3.63) is 77.8 Å². The molecule has 1 atom stereocenters. The van der Waals surface area contributed by atoms with Crippen LogP contribution in [-0.4, -0.2) is 17.4 Å². The number of aryl methyl sites for hydroxylation is 1. The normalized spacial score (nSPS) is 12.0. The van der Waals surface area contributed by atoms with E-state index in [-0.39, 0.29) is 41.9 Å². The molecule has 2 aromatic carbocycles. The lowest BCUT2D eigenvalue weighted by atomic mass is 9.96. The number of hydrogen-bond acceptors (Lipinski definition) is 3. The van der Waals surface area contributed by atoms with Crippen LogP contribution in [0.4, 0.5) is 8.78 Å². The standard InChI is InChI=1S/C22H22F2N2O2/c1-2-15(16-7-4-3-5-8-16)13-25-20(27)11-12-21-26-14-19(28-21)22-17(23)9-6-10-18(22)24/h3-10,14-15H,2,11-13H2,1H3,(H,25,27). The Hall–Kier alpha value is -3.02. The molecule has 3 rings (SSSR count). The van der Waals surface area contributed by atoms with Crippen molar-refractivity contribution in [2.75, 3.05) is 6.54 Å². The summed E-state index contributed by atoms with van der Waals surface area (Å²) >= 11 is 0. The van der Waals surface area contributed by atoms with Crippen molar-refractivity contribution in [1.82, 2.24) is 10.3 Å². The number of nitrogens with zero attached hydrogens (tertiary/aromatic N) is 1. The summed E-state index contributed by atoms with van der Waals surface area (Å²) in [4.78, 5) is 16.2. The molecule has 0 fully saturated rings. The van der Waals surface area contributed by atoms with Gasteiger partial charge >= 0.3 is 0 Å². The molecule has 1 heterocycles. The van der Waals surface area contributed by atoms with Crippen molar-refractivity contribution in [2.45, 2.75) is 32.1 Å². The summed E-state index contributed by atoms with van der Waals surface area (Å²) < 4.78 is 33.1. The Balaban J connectivity index is 1.53. The number of rotatable bonds is 8. The number of nitrogens with one attached hydrogen (secondary N) is 1. The van der Waals surface area contributed by atoms with Crippen molar-refractivity contribution < 1.29 is 18.0 Å². The predicted octanol–water partition coefficient (Wildman–Crippen LogP) is 4.86. The fourth-order valence-corrected chi connectivity index (χ4v) is 3.04. The van der Waals surface area contributed by atoms with E-state index in [4.69, 9.17) is 4.42 Å². The molecule has 4 nitrogen and oxygen atoms in total. The van der Waals surface area contributed by atoms with Gasteiger partial charge in [-0.25, -0.2) is 13.8 Å². The van der Waals surface area contributed by atoms with E-state index in [0.717, 1.165) is 18.6 Å². The van der Waals surface area contributed by atoms with Gasteiger partial charge in [0.1, 0.15) is 11.6 Å². The number of halogens is 2. The first-order valence-electron chi connectivity index (χ1n) is 9.29. The Morgan fingerprint density at radius 2 is 1.82 bits per heavy atom. The van der Waals surface area contributed by atoms with Gasteiger partial charge in [0.25, 0.3) is 0 Å². The van der Waals surface area contributed by atoms with Crippen molar-refractivity contribution in [1.29, 1.82) is 0 Å². The third kappa shape index (κ3) is 4.82. The van der Waals surface area contributed by atoms with Gasteiger partial charge in [-0.05, 0) is 24.1 Å². The summed E-state index contributed by atoms with van der Waals surface area (Å²) in [5, 5.41) is 2.93. The molecule has 1 aromatic heterocycles. The van der Waals surface area contributed by atoms with E-state index in [2.05, 4.69) is 29.4 Å². The number of aromatic nitrogens is 1. The van der Waals surface area contributed by atoms with Gasteiger partial charge in [0.05, 0.1) is 11.8 Å². The Kier molecular flexibility index (Phi) is 6.53. The maximum Gasteiger partial charge on any atom is 0.220 e. The molecule has 0 aliphatic heterocycles. The molecule has 6 heteroatoms. The number of carbonyl (C=O) groups is 1. The summed E-state index contributed by atoms with van der Waals surface area (Å²) in [5.41, 5.74) is 0.939. The summed E-state index contributed by atoms with van der Waals surface area (Å²) in [7, 11) is 0. The molecular weight excluding hydrogens is 362 g/mol. The van der Waals surface area contributed by atoms with Gasteiger partial charge in [0.15, 0.2) is 11.7 Å². The lowest BCUT2D eigenvalue weighted by Gasteiger charge is -2.16. The van der Waals surface area contributed by atoms with Gasteiger partial charge in [0.2, 0.25) is 5.91 Å². The molecule has 1 amide bonds. The third-order valence-corrected chi connectivity index (χ3v) is 4.64. The summed E-state index contributed by atoms with van der Waals surface area (Å²) in [6, 6.07) is 13.6. The molecule has 0 saturated carbocycles. The monoisotopic (exact) mass is 384 g/mol. The number of benzene rings is 2. The van der Waals surface area contributed by atoms with Crippen LogP contribution in [0.15, 0.2) is 59.1 Å². The maximum absolute atomic E-state index is 13.8. The van der Waals surface area contributed by atoms with Crippen LogP contribution < -0.4 is 5.32 Å². The highest BCUT2D eigenvalue weighted by Crippen LogP contribution is 2.26. The lowest BCUT2D eigenvalue weighted by Crippen LogP contribution is -2.28. The molecule has 0 saturated heterocycles. The van der Waals surface area contributed by atoms with Crippen LogP contribution in [0.1, 0.15) is 37.1 Å². The highest BCUT2D eigenvalue weighted by molar-refractivity contribution is 5.76. The van der Waals surface area contributed by atoms with E-state index >= 15 is 0 Å². The van der Waals surface area contributed by atoms with Crippen molar-refractivity contribution in [2.24, 2.45) is 0 Å². The molecule has 1 unspecified atom stereocenters. The minimum absolute atomic E-state index is 0.0149. The highest BCUT2D eigenvalue weighted by atomic mass is 19.1. The molecule has 0 spiro atoms. The Bertz CT molecular complexity index is 905. The molecule has 28 heavy (non-hydrogen) atoms. The van der Waals surface area contributed by atoms with E-state index < -0.39 is 11.6 Å². The molecule has 0 aliphatic rings. The van der Waals surface area contributed by atoms with Crippen LogP contribution >= 0.6 is 0 Å². The number of hydrogen-bond donors (Lipinski definition) is 1. The van der Waals surface area contributed by atoms with E-state index in [1.54, 1.807) is 0 Å². The third-order valence-electron chi connectivity index (χ3n) is 4.64. The summed E-state index contributed by atoms with van der Waals surface area (Å²) in [6.45, 7) is 2.64. The fraction of sp³-hybridized carbons (Fsp3) is 0.273. The highest BCUT2D eigenvalue weighted by Gasteiger charge is 2.16. The number of oxazole rings is 1. The predicted molar refractivity (Wildman–Crippen MR) is 103 cm³/mol. The van der Waals surface area contributed by atoms with Crippen LogP contribution in [0.2, 0.25) is 0 Å². The van der Waals surface area contributed by atoms with Gasteiger partial charge in [-0.3, -0.25) is 4.79 Å². The first kappa shape index (κ1) is 19.7. The van der Waals surface area contributed by atoms with Gasteiger partial charge in [-0.1, -0.05) is 43.3 Å². The first-order valence-corrected chi connectivity index (χ1v) is 9.29. The lowest BCUT2D eigenvalue weighted by molar-refractivity contribution is -0.121. The van der Waals surface area contributed by atoms with Crippen LogP contribution in [0.25, 0.3) is 11.3 Å². The van der Waals surface area contributed by atoms with E-state index in [1.807, 2.05) is 18.2 Å². The van der Waals surface area contributed by atoms with Crippen LogP contribution in [0.3, 0.4) is 0 Å². The molecule has 0 aliphatic carbocycles. The van der Waals surface area contributed by atoms with E-state index in [9.17, 15) is 13.6 Å². The second-order valence-electron chi connectivity index (χ2n) is 6.53. The van der Waals surface area contributed by atoms with E-state index in [1.165, 1.54) is 17.8 Å². The maximum atomic E-state index is 13.8. The zero-order chi connectivity index (χ0) is 19.9. The zero-order valence-electron chi connectivity index (χ0n) is 15.6. The molecular formula is C22H22F2N2O2. The van der Waals surface area contributed by atoms with Crippen molar-refractivity contribution >= 4 is 5.91 Å². The molecule has 0 radical (unpaired) electrons. The smallest absolute Gasteiger partial charge is 0.220 e. The Morgan fingerprint density at radius 3 is 2.50 bits per heavy atom. The van der Waals surface area contributed by atoms with Crippen molar-refractivity contribution in [3.8, 4) is 11.3 Å². The molecule has 146 valence electrons. The van der Waals surface area contributed by atoms with Crippen LogP contribution in [0, 0.1) is 11.6 Å². The average molecular weight is 384 g/mol. The SMILES string of the molecule is CCC(CNC(=O)CCc1ncc(-c2c(F)cccc2F)o1)c1ccccc1. The van der Waals surface area contributed by atoms with E-state index in [0.29, 0.717) is 6.54 Å². The number of amides is 1. The van der Waals surface area contributed by atoms with Gasteiger partial charge in [0, 0.05) is 25.3 Å². The Labute approximate surface area is 162 Å². The topological polar surface area (TPSA) is 55.1 Å². The number of carbonyl (C=O) groups excluding carboxylic acids is 1. The van der Waals surface area contributed by atoms with Gasteiger partial charge in [-0.2, -0.15) is 0 Å². The second kappa shape index (κ2) is 9.26. The fourth-order valence-electron chi connectivity index (χ4n) is 3.04. The molecule has 3 aromatic rings. The molecule has 0 bridgehead atoms. The molecule has 1 N–H and O–H groups in total. The largest absolute Gasteiger partial charge is 0.441 e. The average Bonchev–Trinajstić information content (AvgIpc) is 3.16. The summed E-state index contributed by atoms with van der Waals surface area (Å²) in [5.74, 6) is -1.02. The zero-order valence-corrected chi connectivity index (χ0v) is 15.6. The van der Waals surface area contributed by atoms with Crippen molar-refractivity contribution in [3.63, 3.8) is 0 Å². The summed E-state index contributed by atoms with van der Waals surface area (Å²) in [6.07, 6.45) is 2.63. The second-order valence-corrected chi connectivity index (χ2v) is 6.53. The quantitative estimate of drug-likeness (QED) is 0.603. The Morgan fingerprint density at radius 1 is 1.11 bits per heavy atom. The van der Waals surface area contributed by atoms with Crippen LogP contribution in [0.5, 0.6) is 0 Å². The van der Waals surface area contributed by atoms with Gasteiger partial charge in [-0.15, -0.1) is 0 Å². The minimum Gasteiger partial charge on any atom is -0.441 e. The van der Waals surface area contributed by atoms with Gasteiger partial charge < -0.3 is 9.73 Å².